The Morgan fingerprint density at radius 2 is 1.65 bits per heavy atom. The summed E-state index contributed by atoms with van der Waals surface area (Å²) in [7, 11) is 2.22. The van der Waals surface area contributed by atoms with Crippen molar-refractivity contribution in [1.29, 1.82) is 0 Å². The van der Waals surface area contributed by atoms with Crippen LogP contribution in [-0.4, -0.2) is 53.2 Å². The van der Waals surface area contributed by atoms with Gasteiger partial charge >= 0.3 is 0 Å². The molecule has 0 fully saturated rings. The number of halogens is 3. The molecule has 0 aliphatic carbocycles. The van der Waals surface area contributed by atoms with Crippen molar-refractivity contribution in [2.45, 2.75) is 18.3 Å². The second-order valence-corrected chi connectivity index (χ2v) is 9.46. The van der Waals surface area contributed by atoms with E-state index in [1.807, 2.05) is 19.0 Å². The van der Waals surface area contributed by atoms with Crippen LogP contribution in [0.25, 0.3) is 0 Å². The minimum atomic E-state index is -3.25. The van der Waals surface area contributed by atoms with Gasteiger partial charge in [-0.05, 0) is 55.1 Å². The molecule has 2 aromatic carbocycles. The lowest BCUT2D eigenvalue weighted by atomic mass is 10.1. The molecule has 172 valence electrons. The number of hydrogen-bond acceptors (Lipinski definition) is 4. The Balaban J connectivity index is 0.00000480. The summed E-state index contributed by atoms with van der Waals surface area (Å²) >= 11 is 0. The molecule has 1 unspecified atom stereocenters. The Hall–Kier alpha value is -1.79. The number of sulfone groups is 1. The molecule has 0 spiro atoms. The molecule has 0 saturated carbocycles. The molecule has 31 heavy (non-hydrogen) atoms. The number of nitrogens with one attached hydrogen (secondary N) is 2. The van der Waals surface area contributed by atoms with Gasteiger partial charge in [0.2, 0.25) is 0 Å². The summed E-state index contributed by atoms with van der Waals surface area (Å²) in [5, 5.41) is 6.30. The molecule has 1 atom stereocenters. The largest absolute Gasteiger partial charge is 0.354 e. The molecule has 2 rings (SSSR count). The first-order valence-electron chi connectivity index (χ1n) is 9.40. The molecule has 0 saturated heterocycles. The van der Waals surface area contributed by atoms with E-state index in [0.29, 0.717) is 23.6 Å². The lowest BCUT2D eigenvalue weighted by molar-refractivity contribution is 0.298. The van der Waals surface area contributed by atoms with Gasteiger partial charge in [-0.2, -0.15) is 0 Å². The maximum atomic E-state index is 13.7. The van der Waals surface area contributed by atoms with Gasteiger partial charge in [-0.25, -0.2) is 17.2 Å². The molecule has 0 bridgehead atoms. The van der Waals surface area contributed by atoms with Crippen LogP contribution in [0.4, 0.5) is 8.78 Å². The zero-order valence-electron chi connectivity index (χ0n) is 18.0. The molecule has 0 aliphatic heterocycles. The Morgan fingerprint density at radius 3 is 2.19 bits per heavy atom. The molecule has 0 radical (unpaired) electrons. The third-order valence-electron chi connectivity index (χ3n) is 4.60. The highest BCUT2D eigenvalue weighted by Crippen LogP contribution is 2.18. The van der Waals surface area contributed by atoms with Crippen LogP contribution in [-0.2, 0) is 22.1 Å². The fourth-order valence-corrected chi connectivity index (χ4v) is 3.91. The number of aliphatic imine (C=N–C) groups is 1. The monoisotopic (exact) mass is 566 g/mol. The predicted molar refractivity (Wildman–Crippen MR) is 131 cm³/mol. The van der Waals surface area contributed by atoms with E-state index in [4.69, 9.17) is 0 Å². The van der Waals surface area contributed by atoms with Crippen molar-refractivity contribution < 1.29 is 17.2 Å². The second kappa shape index (κ2) is 12.3. The predicted octanol–water partition coefficient (Wildman–Crippen LogP) is 3.10. The zero-order valence-corrected chi connectivity index (χ0v) is 21.2. The molecule has 0 amide bonds. The van der Waals surface area contributed by atoms with Gasteiger partial charge in [-0.1, -0.05) is 18.2 Å². The van der Waals surface area contributed by atoms with Crippen LogP contribution in [0.2, 0.25) is 0 Å². The third-order valence-corrected chi connectivity index (χ3v) is 5.43. The smallest absolute Gasteiger partial charge is 0.191 e. The van der Waals surface area contributed by atoms with E-state index in [1.54, 1.807) is 19.2 Å². The van der Waals surface area contributed by atoms with Gasteiger partial charge in [-0.3, -0.25) is 4.99 Å². The van der Waals surface area contributed by atoms with E-state index in [1.165, 1.54) is 30.3 Å². The van der Waals surface area contributed by atoms with E-state index in [-0.39, 0.29) is 48.1 Å². The van der Waals surface area contributed by atoms with Gasteiger partial charge in [-0.15, -0.1) is 24.0 Å². The summed E-state index contributed by atoms with van der Waals surface area (Å²) in [4.78, 5) is 6.18. The quantitative estimate of drug-likeness (QED) is 0.292. The van der Waals surface area contributed by atoms with Crippen LogP contribution >= 0.6 is 24.0 Å². The van der Waals surface area contributed by atoms with Crippen molar-refractivity contribution in [2.24, 2.45) is 4.99 Å². The number of likely N-dealkylation sites (N-methyl/N-ethyl adjacent to an activating group) is 1. The summed E-state index contributed by atoms with van der Waals surface area (Å²) in [6.45, 7) is 0.711. The van der Waals surface area contributed by atoms with Crippen LogP contribution < -0.4 is 10.6 Å². The van der Waals surface area contributed by atoms with Crippen LogP contribution in [0.15, 0.2) is 47.5 Å². The van der Waals surface area contributed by atoms with Crippen LogP contribution in [0.5, 0.6) is 0 Å². The Labute approximate surface area is 200 Å². The molecular formula is C21H29F2IN4O2S. The fourth-order valence-electron chi connectivity index (χ4n) is 3.06. The molecule has 10 heteroatoms. The minimum absolute atomic E-state index is 0. The first kappa shape index (κ1) is 27.2. The van der Waals surface area contributed by atoms with Gasteiger partial charge in [0.15, 0.2) is 15.8 Å². The highest BCUT2D eigenvalue weighted by atomic mass is 127. The minimum Gasteiger partial charge on any atom is -0.354 e. The summed E-state index contributed by atoms with van der Waals surface area (Å²) in [6.07, 6.45) is 1.14. The summed E-state index contributed by atoms with van der Waals surface area (Å²) in [5.41, 5.74) is 2.04. The normalized spacial score (nSPS) is 12.9. The van der Waals surface area contributed by atoms with Crippen molar-refractivity contribution in [3.05, 3.63) is 70.8 Å². The van der Waals surface area contributed by atoms with Gasteiger partial charge in [0.05, 0.1) is 11.8 Å². The van der Waals surface area contributed by atoms with Gasteiger partial charge in [0.1, 0.15) is 11.6 Å². The topological polar surface area (TPSA) is 73.8 Å². The maximum absolute atomic E-state index is 13.7. The maximum Gasteiger partial charge on any atom is 0.191 e. The van der Waals surface area contributed by atoms with Crippen LogP contribution in [0.1, 0.15) is 22.7 Å². The molecule has 2 aromatic rings. The second-order valence-electron chi connectivity index (χ2n) is 7.32. The van der Waals surface area contributed by atoms with E-state index < -0.39 is 15.7 Å². The Morgan fingerprint density at radius 1 is 1.03 bits per heavy atom. The highest BCUT2D eigenvalue weighted by molar-refractivity contribution is 14.0. The number of nitrogens with zero attached hydrogens (tertiary/aromatic N) is 2. The van der Waals surface area contributed by atoms with Crippen molar-refractivity contribution in [1.82, 2.24) is 15.5 Å². The van der Waals surface area contributed by atoms with Crippen molar-refractivity contribution in [3.63, 3.8) is 0 Å². The van der Waals surface area contributed by atoms with E-state index in [9.17, 15) is 17.2 Å². The third kappa shape index (κ3) is 9.08. The number of hydrogen-bond donors (Lipinski definition) is 2. The lowest BCUT2D eigenvalue weighted by Crippen LogP contribution is -2.41. The zero-order chi connectivity index (χ0) is 22.3. The molecule has 6 nitrogen and oxygen atoms in total. The van der Waals surface area contributed by atoms with Gasteiger partial charge in [0, 0.05) is 26.4 Å². The molecule has 2 N–H and O–H groups in total. The SMILES string of the molecule is CN=C(NCc1cc(F)ccc1CS(C)(=O)=O)NCC(c1ccc(F)cc1)N(C)C.I. The molecule has 0 heterocycles. The first-order chi connectivity index (χ1) is 14.1. The van der Waals surface area contributed by atoms with Crippen molar-refractivity contribution in [2.75, 3.05) is 33.9 Å². The van der Waals surface area contributed by atoms with Crippen LogP contribution in [0.3, 0.4) is 0 Å². The fraction of sp³-hybridized carbons (Fsp3) is 0.381. The molecule has 0 aliphatic rings. The van der Waals surface area contributed by atoms with Crippen molar-refractivity contribution in [3.8, 4) is 0 Å². The van der Waals surface area contributed by atoms with E-state index in [2.05, 4.69) is 15.6 Å². The van der Waals surface area contributed by atoms with Gasteiger partial charge < -0.3 is 15.5 Å². The summed E-state index contributed by atoms with van der Waals surface area (Å²) in [5.74, 6) is -0.403. The van der Waals surface area contributed by atoms with Crippen molar-refractivity contribution >= 4 is 39.8 Å². The Bertz CT molecular complexity index is 983. The molecular weight excluding hydrogens is 537 g/mol. The van der Waals surface area contributed by atoms with E-state index >= 15 is 0 Å². The average Bonchev–Trinajstić information content (AvgIpc) is 2.66. The summed E-state index contributed by atoms with van der Waals surface area (Å²) < 4.78 is 50.2. The number of guanidine groups is 1. The first-order valence-corrected chi connectivity index (χ1v) is 11.5. The summed E-state index contributed by atoms with van der Waals surface area (Å²) in [6, 6.07) is 10.4. The lowest BCUT2D eigenvalue weighted by Gasteiger charge is -2.26. The highest BCUT2D eigenvalue weighted by Gasteiger charge is 2.15. The van der Waals surface area contributed by atoms with Crippen LogP contribution in [0, 0.1) is 11.6 Å². The standard InChI is InChI=1S/C21H28F2N4O2S.HI/c1-24-21(26-13-20(27(2)3)15-5-8-18(22)9-6-15)25-12-17-11-19(23)10-7-16(17)14-30(4,28)29;/h5-11,20H,12-14H2,1-4H3,(H2,24,25,26);1H. The Kier molecular flexibility index (Phi) is 10.8. The number of rotatable bonds is 8. The van der Waals surface area contributed by atoms with Gasteiger partial charge in [0.25, 0.3) is 0 Å². The number of benzene rings is 2. The van der Waals surface area contributed by atoms with E-state index in [0.717, 1.165) is 11.8 Å². The molecule has 0 aromatic heterocycles. The average molecular weight is 566 g/mol.